The lowest BCUT2D eigenvalue weighted by Crippen LogP contribution is -2.02. The molecule has 0 spiro atoms. The van der Waals surface area contributed by atoms with Gasteiger partial charge >= 0.3 is 5.97 Å². The average molecular weight is 218 g/mol. The van der Waals surface area contributed by atoms with Gasteiger partial charge in [0, 0.05) is 0 Å². The smallest absolute Gasteiger partial charge is 0.371 e. The molecule has 16 heavy (non-hydrogen) atoms. The van der Waals surface area contributed by atoms with Crippen molar-refractivity contribution in [3.05, 3.63) is 53.3 Å². The van der Waals surface area contributed by atoms with Crippen molar-refractivity contribution >= 4 is 12.0 Å². The molecule has 0 atom stereocenters. The zero-order valence-electron chi connectivity index (χ0n) is 9.31. The van der Waals surface area contributed by atoms with Gasteiger partial charge < -0.3 is 9.84 Å². The standard InChI is InChI=1S/C13H14O3/c1-10(9-12(16-2)13(14)15)8-11-6-4-3-5-7-11/h3-9H,1-2H3,(H,14,15)/b10-8+,12-9+. The Morgan fingerprint density at radius 1 is 1.31 bits per heavy atom. The summed E-state index contributed by atoms with van der Waals surface area (Å²) >= 11 is 0. The molecule has 84 valence electrons. The third-order valence-electron chi connectivity index (χ3n) is 1.98. The molecule has 3 heteroatoms. The second kappa shape index (κ2) is 5.75. The van der Waals surface area contributed by atoms with Gasteiger partial charge in [-0.25, -0.2) is 4.79 Å². The van der Waals surface area contributed by atoms with E-state index < -0.39 is 5.97 Å². The fourth-order valence-corrected chi connectivity index (χ4v) is 1.27. The molecular weight excluding hydrogens is 204 g/mol. The molecule has 0 heterocycles. The Hall–Kier alpha value is -2.03. The van der Waals surface area contributed by atoms with Gasteiger partial charge in [0.05, 0.1) is 7.11 Å². The van der Waals surface area contributed by atoms with Crippen LogP contribution in [0.1, 0.15) is 12.5 Å². The molecule has 1 aromatic rings. The number of hydrogen-bond acceptors (Lipinski definition) is 2. The maximum Gasteiger partial charge on any atom is 0.371 e. The van der Waals surface area contributed by atoms with Gasteiger partial charge in [-0.2, -0.15) is 0 Å². The summed E-state index contributed by atoms with van der Waals surface area (Å²) in [6, 6.07) is 9.68. The molecule has 0 radical (unpaired) electrons. The van der Waals surface area contributed by atoms with E-state index in [0.29, 0.717) is 0 Å². The van der Waals surface area contributed by atoms with Gasteiger partial charge in [-0.05, 0) is 24.1 Å². The van der Waals surface area contributed by atoms with E-state index in [1.807, 2.05) is 43.3 Å². The summed E-state index contributed by atoms with van der Waals surface area (Å²) in [7, 11) is 1.34. The van der Waals surface area contributed by atoms with Crippen molar-refractivity contribution in [2.45, 2.75) is 6.92 Å². The van der Waals surface area contributed by atoms with Gasteiger partial charge in [-0.3, -0.25) is 0 Å². The van der Waals surface area contributed by atoms with Crippen LogP contribution in [0.25, 0.3) is 6.08 Å². The van der Waals surface area contributed by atoms with Crippen molar-refractivity contribution in [2.75, 3.05) is 7.11 Å². The summed E-state index contributed by atoms with van der Waals surface area (Å²) in [6.07, 6.45) is 3.39. The fraction of sp³-hybridized carbons (Fsp3) is 0.154. The van der Waals surface area contributed by atoms with E-state index in [2.05, 4.69) is 0 Å². The van der Waals surface area contributed by atoms with E-state index in [9.17, 15) is 4.79 Å². The van der Waals surface area contributed by atoms with E-state index in [0.717, 1.165) is 11.1 Å². The zero-order valence-corrected chi connectivity index (χ0v) is 9.31. The molecule has 1 rings (SSSR count). The van der Waals surface area contributed by atoms with Gasteiger partial charge in [0.2, 0.25) is 5.76 Å². The fourth-order valence-electron chi connectivity index (χ4n) is 1.27. The third-order valence-corrected chi connectivity index (χ3v) is 1.98. The molecule has 3 nitrogen and oxygen atoms in total. The first-order chi connectivity index (χ1) is 7.63. The van der Waals surface area contributed by atoms with Crippen molar-refractivity contribution in [1.82, 2.24) is 0 Å². The SMILES string of the molecule is CO/C(=C/C(C)=C/c1ccccc1)C(=O)O. The second-order valence-electron chi connectivity index (χ2n) is 3.32. The van der Waals surface area contributed by atoms with Crippen LogP contribution in [0.5, 0.6) is 0 Å². The lowest BCUT2D eigenvalue weighted by Gasteiger charge is -2.00. The first-order valence-corrected chi connectivity index (χ1v) is 4.86. The molecule has 0 bridgehead atoms. The van der Waals surface area contributed by atoms with Crippen LogP contribution in [0.4, 0.5) is 0 Å². The number of carboxylic acids is 1. The Morgan fingerprint density at radius 2 is 1.94 bits per heavy atom. The van der Waals surface area contributed by atoms with E-state index in [1.54, 1.807) is 0 Å². The zero-order chi connectivity index (χ0) is 12.0. The van der Waals surface area contributed by atoms with Gasteiger partial charge in [-0.15, -0.1) is 0 Å². The molecule has 0 aromatic heterocycles. The van der Waals surface area contributed by atoms with Crippen molar-refractivity contribution < 1.29 is 14.6 Å². The number of benzene rings is 1. The third kappa shape index (κ3) is 3.61. The van der Waals surface area contributed by atoms with E-state index in [4.69, 9.17) is 9.84 Å². The number of carbonyl (C=O) groups is 1. The molecular formula is C13H14O3. The highest BCUT2D eigenvalue weighted by molar-refractivity contribution is 5.85. The molecule has 0 saturated carbocycles. The van der Waals surface area contributed by atoms with Crippen LogP contribution < -0.4 is 0 Å². The molecule has 0 aliphatic heterocycles. The Bertz CT molecular complexity index is 416. The average Bonchev–Trinajstić information content (AvgIpc) is 2.27. The van der Waals surface area contributed by atoms with Crippen LogP contribution in [0.2, 0.25) is 0 Å². The minimum Gasteiger partial charge on any atom is -0.490 e. The lowest BCUT2D eigenvalue weighted by atomic mass is 10.1. The highest BCUT2D eigenvalue weighted by Crippen LogP contribution is 2.09. The van der Waals surface area contributed by atoms with E-state index >= 15 is 0 Å². The quantitative estimate of drug-likeness (QED) is 0.480. The lowest BCUT2D eigenvalue weighted by molar-refractivity contribution is -0.136. The first-order valence-electron chi connectivity index (χ1n) is 4.86. The van der Waals surface area contributed by atoms with Gasteiger partial charge in [0.15, 0.2) is 0 Å². The number of allylic oxidation sites excluding steroid dienone is 2. The van der Waals surface area contributed by atoms with Crippen molar-refractivity contribution in [1.29, 1.82) is 0 Å². The Balaban J connectivity index is 2.90. The second-order valence-corrected chi connectivity index (χ2v) is 3.32. The molecule has 0 unspecified atom stereocenters. The predicted molar refractivity (Wildman–Crippen MR) is 62.8 cm³/mol. The summed E-state index contributed by atoms with van der Waals surface area (Å²) in [4.78, 5) is 10.7. The number of ether oxygens (including phenoxy) is 1. The van der Waals surface area contributed by atoms with Crippen molar-refractivity contribution in [3.63, 3.8) is 0 Å². The van der Waals surface area contributed by atoms with E-state index in [1.165, 1.54) is 13.2 Å². The van der Waals surface area contributed by atoms with Crippen LogP contribution in [0, 0.1) is 0 Å². The molecule has 1 N–H and O–H groups in total. The number of methoxy groups -OCH3 is 1. The van der Waals surface area contributed by atoms with Crippen LogP contribution in [-0.4, -0.2) is 18.2 Å². The van der Waals surface area contributed by atoms with Crippen LogP contribution in [-0.2, 0) is 9.53 Å². The highest BCUT2D eigenvalue weighted by atomic mass is 16.5. The highest BCUT2D eigenvalue weighted by Gasteiger charge is 2.05. The monoisotopic (exact) mass is 218 g/mol. The van der Waals surface area contributed by atoms with Crippen LogP contribution >= 0.6 is 0 Å². The van der Waals surface area contributed by atoms with Gasteiger partial charge in [-0.1, -0.05) is 36.4 Å². The van der Waals surface area contributed by atoms with Gasteiger partial charge in [0.25, 0.3) is 0 Å². The molecule has 0 fully saturated rings. The Labute approximate surface area is 94.7 Å². The summed E-state index contributed by atoms with van der Waals surface area (Å²) < 4.78 is 4.74. The molecule has 0 amide bonds. The topological polar surface area (TPSA) is 46.5 Å². The largest absolute Gasteiger partial charge is 0.490 e. The number of carboxylic acid groups (broad SMARTS) is 1. The number of aliphatic carboxylic acids is 1. The summed E-state index contributed by atoms with van der Waals surface area (Å²) in [6.45, 7) is 1.83. The van der Waals surface area contributed by atoms with Crippen LogP contribution in [0.15, 0.2) is 47.7 Å². The Morgan fingerprint density at radius 3 is 2.44 bits per heavy atom. The van der Waals surface area contributed by atoms with Gasteiger partial charge in [0.1, 0.15) is 0 Å². The maximum atomic E-state index is 10.7. The predicted octanol–water partition coefficient (Wildman–Crippen LogP) is 2.70. The molecule has 0 saturated heterocycles. The van der Waals surface area contributed by atoms with Crippen LogP contribution in [0.3, 0.4) is 0 Å². The van der Waals surface area contributed by atoms with Crippen molar-refractivity contribution in [2.24, 2.45) is 0 Å². The molecule has 1 aromatic carbocycles. The minimum absolute atomic E-state index is 0.0651. The number of rotatable bonds is 4. The summed E-state index contributed by atoms with van der Waals surface area (Å²) in [5, 5.41) is 8.77. The Kier molecular flexibility index (Phi) is 4.33. The first kappa shape index (κ1) is 12.0. The molecule has 0 aliphatic carbocycles. The summed E-state index contributed by atoms with van der Waals surface area (Å²) in [5.41, 5.74) is 1.85. The maximum absolute atomic E-state index is 10.7. The number of hydrogen-bond donors (Lipinski definition) is 1. The van der Waals surface area contributed by atoms with E-state index in [-0.39, 0.29) is 5.76 Å². The normalized spacial score (nSPS) is 12.4. The molecule has 0 aliphatic rings. The summed E-state index contributed by atoms with van der Waals surface area (Å²) in [5.74, 6) is -1.13. The van der Waals surface area contributed by atoms with Crippen molar-refractivity contribution in [3.8, 4) is 0 Å². The minimum atomic E-state index is -1.07.